The first-order valence-electron chi connectivity index (χ1n) is 10.9. The van der Waals surface area contributed by atoms with Gasteiger partial charge < -0.3 is 24.4 Å². The first kappa shape index (κ1) is 25.1. The van der Waals surface area contributed by atoms with E-state index in [1.54, 1.807) is 31.7 Å². The number of aromatic nitrogens is 1. The van der Waals surface area contributed by atoms with Crippen molar-refractivity contribution < 1.29 is 23.8 Å². The summed E-state index contributed by atoms with van der Waals surface area (Å²) in [5.74, 6) is -0.879. The van der Waals surface area contributed by atoms with E-state index in [0.29, 0.717) is 49.3 Å². The topological polar surface area (TPSA) is 93.2 Å². The summed E-state index contributed by atoms with van der Waals surface area (Å²) < 4.78 is 15.4. The number of likely N-dealkylation sites (tertiary alicyclic amines) is 1. The van der Waals surface area contributed by atoms with Crippen molar-refractivity contribution in [3.8, 4) is 0 Å². The third-order valence-electron chi connectivity index (χ3n) is 5.66. The van der Waals surface area contributed by atoms with Crippen LogP contribution in [0.5, 0.6) is 0 Å². The molecule has 180 valence electrons. The van der Waals surface area contributed by atoms with E-state index in [1.165, 1.54) is 18.4 Å². The quantitative estimate of drug-likeness (QED) is 0.495. The lowest BCUT2D eigenvalue weighted by molar-refractivity contribution is 0.0601. The highest BCUT2D eigenvalue weighted by atomic mass is 32.1. The van der Waals surface area contributed by atoms with Crippen molar-refractivity contribution in [2.45, 2.75) is 25.4 Å². The molecule has 1 aliphatic rings. The predicted molar refractivity (Wildman–Crippen MR) is 128 cm³/mol. The number of hydrogen-bond acceptors (Lipinski definition) is 9. The summed E-state index contributed by atoms with van der Waals surface area (Å²) in [5, 5.41) is 5.23. The molecule has 0 aliphatic carbocycles. The van der Waals surface area contributed by atoms with Crippen LogP contribution in [0.25, 0.3) is 0 Å². The molecule has 0 saturated carbocycles. The normalized spacial score (nSPS) is 16.1. The number of ether oxygens (including phenoxy) is 3. The van der Waals surface area contributed by atoms with Crippen molar-refractivity contribution in [2.75, 3.05) is 64.9 Å². The van der Waals surface area contributed by atoms with Crippen molar-refractivity contribution >= 4 is 34.0 Å². The second-order valence-electron chi connectivity index (χ2n) is 7.98. The Morgan fingerprint density at radius 2 is 2.09 bits per heavy atom. The summed E-state index contributed by atoms with van der Waals surface area (Å²) in [6, 6.07) is 5.83. The number of anilines is 2. The maximum atomic E-state index is 12.8. The molecule has 2 heterocycles. The molecule has 1 atom stereocenters. The molecule has 1 aliphatic heterocycles. The van der Waals surface area contributed by atoms with Crippen molar-refractivity contribution in [3.05, 3.63) is 40.4 Å². The average Bonchev–Trinajstić information content (AvgIpc) is 3.48. The number of likely N-dealkylation sites (N-methyl/N-ethyl adjacent to an activating group) is 1. The molecular formula is C23H32N4O5S. The Morgan fingerprint density at radius 3 is 2.82 bits per heavy atom. The second-order valence-corrected chi connectivity index (χ2v) is 8.81. The van der Waals surface area contributed by atoms with Crippen LogP contribution in [0, 0.1) is 0 Å². The molecule has 0 spiro atoms. The second kappa shape index (κ2) is 12.1. The lowest BCUT2D eigenvalue weighted by Gasteiger charge is -2.24. The van der Waals surface area contributed by atoms with E-state index in [0.717, 1.165) is 30.1 Å². The lowest BCUT2D eigenvalue weighted by atomic mass is 10.1. The van der Waals surface area contributed by atoms with Gasteiger partial charge in [0.25, 0.3) is 5.91 Å². The highest BCUT2D eigenvalue weighted by molar-refractivity contribution is 7.13. The van der Waals surface area contributed by atoms with Gasteiger partial charge in [0.1, 0.15) is 5.69 Å². The third kappa shape index (κ3) is 6.50. The Labute approximate surface area is 198 Å². The van der Waals surface area contributed by atoms with Gasteiger partial charge in [0, 0.05) is 45.8 Å². The van der Waals surface area contributed by atoms with Gasteiger partial charge in [0.2, 0.25) is 0 Å². The lowest BCUT2D eigenvalue weighted by Crippen LogP contribution is -2.32. The molecule has 2 aromatic rings. The first-order valence-corrected chi connectivity index (χ1v) is 11.8. The Bertz CT molecular complexity index is 951. The van der Waals surface area contributed by atoms with Crippen LogP contribution < -0.4 is 10.2 Å². The monoisotopic (exact) mass is 476 g/mol. The number of esters is 1. The molecule has 0 unspecified atom stereocenters. The minimum Gasteiger partial charge on any atom is -0.465 e. The Morgan fingerprint density at radius 1 is 1.27 bits per heavy atom. The van der Waals surface area contributed by atoms with E-state index in [1.807, 2.05) is 18.0 Å². The minimum absolute atomic E-state index is 0.290. The summed E-state index contributed by atoms with van der Waals surface area (Å²) in [7, 11) is 6.58. The summed E-state index contributed by atoms with van der Waals surface area (Å²) >= 11 is 1.38. The van der Waals surface area contributed by atoms with Gasteiger partial charge in [-0.25, -0.2) is 9.78 Å². The zero-order valence-electron chi connectivity index (χ0n) is 19.6. The van der Waals surface area contributed by atoms with Gasteiger partial charge in [0.15, 0.2) is 5.13 Å². The molecule has 1 fully saturated rings. The zero-order valence-corrected chi connectivity index (χ0v) is 20.4. The smallest absolute Gasteiger partial charge is 0.339 e. The summed E-state index contributed by atoms with van der Waals surface area (Å²) in [5.41, 5.74) is 1.98. The van der Waals surface area contributed by atoms with Crippen LogP contribution in [-0.4, -0.2) is 82.5 Å². The third-order valence-corrected chi connectivity index (χ3v) is 6.62. The van der Waals surface area contributed by atoms with Gasteiger partial charge >= 0.3 is 5.97 Å². The van der Waals surface area contributed by atoms with Gasteiger partial charge in [0.05, 0.1) is 31.6 Å². The van der Waals surface area contributed by atoms with Gasteiger partial charge in [-0.2, -0.15) is 0 Å². The van der Waals surface area contributed by atoms with Crippen molar-refractivity contribution in [2.24, 2.45) is 0 Å². The van der Waals surface area contributed by atoms with Crippen molar-refractivity contribution in [1.29, 1.82) is 0 Å². The van der Waals surface area contributed by atoms with Crippen LogP contribution >= 0.6 is 11.3 Å². The SMILES string of the molecule is COCCN(C)c1nc(C(=O)Nc2ccc(CN3CCC[C@@H]3COC)cc2C(=O)OC)cs1. The van der Waals surface area contributed by atoms with E-state index >= 15 is 0 Å². The van der Waals surface area contributed by atoms with Gasteiger partial charge in [-0.3, -0.25) is 9.69 Å². The zero-order chi connectivity index (χ0) is 23.8. The molecule has 33 heavy (non-hydrogen) atoms. The fourth-order valence-electron chi connectivity index (χ4n) is 3.85. The van der Waals surface area contributed by atoms with Crippen LogP contribution in [0.1, 0.15) is 39.3 Å². The van der Waals surface area contributed by atoms with E-state index < -0.39 is 5.97 Å². The summed E-state index contributed by atoms with van der Waals surface area (Å²) in [6.07, 6.45) is 2.23. The summed E-state index contributed by atoms with van der Waals surface area (Å²) in [6.45, 7) is 3.62. The molecule has 1 aromatic heterocycles. The fourth-order valence-corrected chi connectivity index (χ4v) is 4.65. The predicted octanol–water partition coefficient (Wildman–Crippen LogP) is 2.88. The van der Waals surface area contributed by atoms with Gasteiger partial charge in [-0.15, -0.1) is 11.3 Å². The largest absolute Gasteiger partial charge is 0.465 e. The molecule has 3 rings (SSSR count). The number of nitrogens with one attached hydrogen (secondary N) is 1. The standard InChI is InChI=1S/C23H32N4O5S/c1-26(10-11-30-2)23-25-20(15-33-23)21(28)24-19-8-7-16(12-18(19)22(29)32-4)13-27-9-5-6-17(27)14-31-3/h7-8,12,15,17H,5-6,9-11,13-14H2,1-4H3,(H,24,28)/t17-/m1/s1. The Balaban J connectivity index is 1.74. The number of methoxy groups -OCH3 is 3. The molecule has 0 bridgehead atoms. The van der Waals surface area contributed by atoms with Crippen LogP contribution in [-0.2, 0) is 20.8 Å². The number of carbonyl (C=O) groups excluding carboxylic acids is 2. The Kier molecular flexibility index (Phi) is 9.19. The maximum absolute atomic E-state index is 12.8. The number of nitrogens with zero attached hydrogens (tertiary/aromatic N) is 3. The van der Waals surface area contributed by atoms with Crippen molar-refractivity contribution in [1.82, 2.24) is 9.88 Å². The number of benzene rings is 1. The number of rotatable bonds is 11. The molecular weight excluding hydrogens is 444 g/mol. The molecule has 1 aromatic carbocycles. The minimum atomic E-state index is -0.500. The number of thiazole rings is 1. The average molecular weight is 477 g/mol. The highest BCUT2D eigenvalue weighted by Gasteiger charge is 2.25. The van der Waals surface area contributed by atoms with Crippen LogP contribution in [0.3, 0.4) is 0 Å². The van der Waals surface area contributed by atoms with E-state index in [9.17, 15) is 9.59 Å². The maximum Gasteiger partial charge on any atom is 0.339 e. The molecule has 1 N–H and O–H groups in total. The van der Waals surface area contributed by atoms with Gasteiger partial charge in [-0.05, 0) is 37.1 Å². The van der Waals surface area contributed by atoms with Crippen LogP contribution in [0.15, 0.2) is 23.6 Å². The Hall–Kier alpha value is -2.53. The summed E-state index contributed by atoms with van der Waals surface area (Å²) in [4.78, 5) is 34.0. The van der Waals surface area contributed by atoms with Crippen molar-refractivity contribution in [3.63, 3.8) is 0 Å². The van der Waals surface area contributed by atoms with Gasteiger partial charge in [-0.1, -0.05) is 6.07 Å². The first-order chi connectivity index (χ1) is 16.0. The van der Waals surface area contributed by atoms with Crippen LogP contribution in [0.2, 0.25) is 0 Å². The van der Waals surface area contributed by atoms with E-state index in [2.05, 4.69) is 15.2 Å². The fraction of sp³-hybridized carbons (Fsp3) is 0.522. The number of amides is 1. The molecule has 1 saturated heterocycles. The van der Waals surface area contributed by atoms with E-state index in [-0.39, 0.29) is 5.91 Å². The molecule has 1 amide bonds. The van der Waals surface area contributed by atoms with E-state index in [4.69, 9.17) is 14.2 Å². The number of hydrogen-bond donors (Lipinski definition) is 1. The number of carbonyl (C=O) groups is 2. The van der Waals surface area contributed by atoms with Crippen LogP contribution in [0.4, 0.5) is 10.8 Å². The molecule has 10 heteroatoms. The highest BCUT2D eigenvalue weighted by Crippen LogP contribution is 2.25. The molecule has 0 radical (unpaired) electrons. The molecule has 9 nitrogen and oxygen atoms in total.